The van der Waals surface area contributed by atoms with Crippen molar-refractivity contribution in [2.75, 3.05) is 7.11 Å². The first-order valence-corrected chi connectivity index (χ1v) is 9.46. The minimum atomic E-state index is -0.717. The second kappa shape index (κ2) is 7.36. The lowest BCUT2D eigenvalue weighted by Gasteiger charge is -2.23. The van der Waals surface area contributed by atoms with E-state index >= 15 is 0 Å². The molecule has 1 aromatic carbocycles. The molecule has 0 radical (unpaired) electrons. The van der Waals surface area contributed by atoms with Gasteiger partial charge in [0.1, 0.15) is 23.3 Å². The Balaban J connectivity index is 1.84. The summed E-state index contributed by atoms with van der Waals surface area (Å²) in [5.74, 6) is -0.506. The first-order chi connectivity index (χ1) is 13.6. The smallest absolute Gasteiger partial charge is 0.296 e. The van der Waals surface area contributed by atoms with Gasteiger partial charge in [-0.15, -0.1) is 11.3 Å². The molecule has 1 fully saturated rings. The Kier molecular flexibility index (Phi) is 4.75. The zero-order valence-corrected chi connectivity index (χ0v) is 15.8. The highest BCUT2D eigenvalue weighted by Crippen LogP contribution is 2.42. The molecule has 0 spiro atoms. The maximum atomic E-state index is 12.9. The largest absolute Gasteiger partial charge is 0.507 e. The van der Waals surface area contributed by atoms with Gasteiger partial charge in [-0.2, -0.15) is 0 Å². The lowest BCUT2D eigenvalue weighted by molar-refractivity contribution is -0.140. The second-order valence-electron chi connectivity index (χ2n) is 6.25. The number of likely N-dealkylation sites (tertiary alicyclic amines) is 1. The summed E-state index contributed by atoms with van der Waals surface area (Å²) in [6, 6.07) is 13.2. The van der Waals surface area contributed by atoms with Gasteiger partial charge in [0.15, 0.2) is 0 Å². The fraction of sp³-hybridized carbons (Fsp3) is 0.143. The Bertz CT molecular complexity index is 1040. The van der Waals surface area contributed by atoms with Crippen LogP contribution in [0.25, 0.3) is 5.76 Å². The van der Waals surface area contributed by atoms with Gasteiger partial charge in [-0.3, -0.25) is 9.59 Å². The molecule has 1 N–H and O–H groups in total. The van der Waals surface area contributed by atoms with Crippen LogP contribution in [0.5, 0.6) is 5.75 Å². The lowest BCUT2D eigenvalue weighted by Crippen LogP contribution is -2.28. The second-order valence-corrected chi connectivity index (χ2v) is 7.23. The number of methoxy groups -OCH3 is 1. The zero-order chi connectivity index (χ0) is 19.7. The Morgan fingerprint density at radius 1 is 1.21 bits per heavy atom. The third kappa shape index (κ3) is 3.10. The van der Waals surface area contributed by atoms with Crippen molar-refractivity contribution in [2.24, 2.45) is 0 Å². The van der Waals surface area contributed by atoms with Crippen molar-refractivity contribution in [1.29, 1.82) is 0 Å². The average molecular weight is 395 g/mol. The fourth-order valence-electron chi connectivity index (χ4n) is 3.28. The Morgan fingerprint density at radius 2 is 2.07 bits per heavy atom. The third-order valence-corrected chi connectivity index (χ3v) is 5.53. The molecule has 142 valence electrons. The normalized spacial score (nSPS) is 18.6. The minimum absolute atomic E-state index is 0.0623. The highest BCUT2D eigenvalue weighted by molar-refractivity contribution is 7.10. The van der Waals surface area contributed by atoms with E-state index in [4.69, 9.17) is 9.15 Å². The first-order valence-electron chi connectivity index (χ1n) is 8.58. The van der Waals surface area contributed by atoms with Gasteiger partial charge in [0, 0.05) is 10.4 Å². The molecule has 1 aliphatic heterocycles. The molecule has 1 amide bonds. The first kappa shape index (κ1) is 18.1. The van der Waals surface area contributed by atoms with Crippen LogP contribution in [-0.4, -0.2) is 28.8 Å². The molecule has 3 heterocycles. The van der Waals surface area contributed by atoms with Gasteiger partial charge in [-0.05, 0) is 35.7 Å². The van der Waals surface area contributed by atoms with Gasteiger partial charge < -0.3 is 19.2 Å². The summed E-state index contributed by atoms with van der Waals surface area (Å²) in [5, 5.41) is 12.8. The number of furan rings is 1. The quantitative estimate of drug-likeness (QED) is 0.402. The van der Waals surface area contributed by atoms with Crippen LogP contribution in [0.4, 0.5) is 0 Å². The number of amides is 1. The van der Waals surface area contributed by atoms with Crippen LogP contribution in [0.15, 0.2) is 70.2 Å². The van der Waals surface area contributed by atoms with Crippen molar-refractivity contribution < 1.29 is 23.8 Å². The van der Waals surface area contributed by atoms with Crippen molar-refractivity contribution in [1.82, 2.24) is 4.90 Å². The molecule has 28 heavy (non-hydrogen) atoms. The number of ether oxygens (including phenoxy) is 1. The number of Topliss-reactive ketones (excluding diaryl/α,β-unsaturated/α-hetero) is 1. The van der Waals surface area contributed by atoms with E-state index in [1.807, 2.05) is 17.5 Å². The zero-order valence-electron chi connectivity index (χ0n) is 15.0. The molecule has 3 aromatic rings. The number of ketones is 1. The topological polar surface area (TPSA) is 80.0 Å². The number of benzene rings is 1. The van der Waals surface area contributed by atoms with Crippen molar-refractivity contribution in [3.63, 3.8) is 0 Å². The molecule has 1 aliphatic rings. The number of carbonyl (C=O) groups is 2. The number of nitrogens with zero attached hydrogens (tertiary/aromatic N) is 1. The van der Waals surface area contributed by atoms with Crippen LogP contribution < -0.4 is 4.74 Å². The van der Waals surface area contributed by atoms with Gasteiger partial charge in [-0.1, -0.05) is 18.2 Å². The molecule has 2 aromatic heterocycles. The molecule has 1 saturated heterocycles. The molecule has 7 heteroatoms. The summed E-state index contributed by atoms with van der Waals surface area (Å²) in [6.45, 7) is 0.134. The van der Waals surface area contributed by atoms with E-state index in [0.29, 0.717) is 17.1 Å². The van der Waals surface area contributed by atoms with E-state index in [0.717, 1.165) is 4.88 Å². The summed E-state index contributed by atoms with van der Waals surface area (Å²) in [5.41, 5.74) is 0.476. The minimum Gasteiger partial charge on any atom is -0.507 e. The number of aliphatic hydroxyl groups excluding tert-OH is 1. The molecule has 4 rings (SSSR count). The van der Waals surface area contributed by atoms with Crippen LogP contribution >= 0.6 is 11.3 Å². The number of hydrogen-bond acceptors (Lipinski definition) is 6. The molecule has 6 nitrogen and oxygen atoms in total. The molecule has 1 atom stereocenters. The highest BCUT2D eigenvalue weighted by atomic mass is 32.1. The van der Waals surface area contributed by atoms with Gasteiger partial charge in [0.25, 0.3) is 11.7 Å². The van der Waals surface area contributed by atoms with Gasteiger partial charge in [0.05, 0.1) is 25.5 Å². The SMILES string of the molecule is COc1cccc(/C(O)=C2\C(=O)C(=O)N(Cc3ccco3)C2c2cccs2)c1. The van der Waals surface area contributed by atoms with Gasteiger partial charge in [-0.25, -0.2) is 0 Å². The Hall–Kier alpha value is -3.32. The highest BCUT2D eigenvalue weighted by Gasteiger charge is 2.46. The van der Waals surface area contributed by atoms with Crippen LogP contribution in [0.3, 0.4) is 0 Å². The molecule has 1 unspecified atom stereocenters. The lowest BCUT2D eigenvalue weighted by atomic mass is 9.99. The van der Waals surface area contributed by atoms with Crippen LogP contribution in [-0.2, 0) is 16.1 Å². The number of aliphatic hydroxyl groups is 1. The predicted octanol–water partition coefficient (Wildman–Crippen LogP) is 3.97. The Labute approximate surface area is 165 Å². The molecular weight excluding hydrogens is 378 g/mol. The molecule has 0 aliphatic carbocycles. The third-order valence-electron chi connectivity index (χ3n) is 4.60. The number of carbonyl (C=O) groups excluding carboxylic acids is 2. The monoisotopic (exact) mass is 395 g/mol. The summed E-state index contributed by atoms with van der Waals surface area (Å²) >= 11 is 1.42. The molecular formula is C21H17NO5S. The number of hydrogen-bond donors (Lipinski definition) is 1. The molecule has 0 bridgehead atoms. The van der Waals surface area contributed by atoms with E-state index < -0.39 is 17.7 Å². The van der Waals surface area contributed by atoms with Crippen molar-refractivity contribution in [3.8, 4) is 5.75 Å². The van der Waals surface area contributed by atoms with E-state index in [1.165, 1.54) is 29.6 Å². The number of thiophene rings is 1. The summed E-state index contributed by atoms with van der Waals surface area (Å²) < 4.78 is 10.6. The van der Waals surface area contributed by atoms with Gasteiger partial charge >= 0.3 is 0 Å². The van der Waals surface area contributed by atoms with Crippen molar-refractivity contribution >= 4 is 28.8 Å². The number of rotatable bonds is 5. The van der Waals surface area contributed by atoms with Crippen molar-refractivity contribution in [2.45, 2.75) is 12.6 Å². The summed E-state index contributed by atoms with van der Waals surface area (Å²) in [6.07, 6.45) is 1.52. The maximum absolute atomic E-state index is 12.9. The van der Waals surface area contributed by atoms with E-state index in [1.54, 1.807) is 36.4 Å². The van der Waals surface area contributed by atoms with E-state index in [-0.39, 0.29) is 17.9 Å². The molecule has 0 saturated carbocycles. The maximum Gasteiger partial charge on any atom is 0.296 e. The Morgan fingerprint density at radius 3 is 2.75 bits per heavy atom. The standard InChI is InChI=1S/C21H17NO5S/c1-26-14-6-2-5-13(11-14)19(23)17-18(16-8-4-10-28-16)22(21(25)20(17)24)12-15-7-3-9-27-15/h2-11,18,23H,12H2,1H3/b19-17+. The van der Waals surface area contributed by atoms with E-state index in [9.17, 15) is 14.7 Å². The van der Waals surface area contributed by atoms with E-state index in [2.05, 4.69) is 0 Å². The van der Waals surface area contributed by atoms with Crippen LogP contribution in [0, 0.1) is 0 Å². The summed E-state index contributed by atoms with van der Waals surface area (Å²) in [7, 11) is 1.52. The average Bonchev–Trinajstić information content (AvgIpc) is 3.46. The van der Waals surface area contributed by atoms with Crippen LogP contribution in [0.2, 0.25) is 0 Å². The van der Waals surface area contributed by atoms with Crippen molar-refractivity contribution in [3.05, 3.63) is 81.9 Å². The van der Waals surface area contributed by atoms with Crippen LogP contribution in [0.1, 0.15) is 22.2 Å². The summed E-state index contributed by atoms with van der Waals surface area (Å²) in [4.78, 5) is 27.8. The van der Waals surface area contributed by atoms with Gasteiger partial charge in [0.2, 0.25) is 0 Å². The fourth-order valence-corrected chi connectivity index (χ4v) is 4.13. The predicted molar refractivity (Wildman–Crippen MR) is 104 cm³/mol.